The Bertz CT molecular complexity index is 1380. The van der Waals surface area contributed by atoms with Gasteiger partial charge in [-0.3, -0.25) is 0 Å². The Hall–Kier alpha value is -3.77. The fraction of sp³-hybridized carbons (Fsp3) is 0.185. The van der Waals surface area contributed by atoms with Crippen LogP contribution in [0.4, 0.5) is 0 Å². The first-order valence-electron chi connectivity index (χ1n) is 11.3. The number of hydrogen-bond donors (Lipinski definition) is 1. The smallest absolute Gasteiger partial charge is 0.122 e. The maximum Gasteiger partial charge on any atom is 0.122 e. The van der Waals surface area contributed by atoms with Crippen molar-refractivity contribution in [3.05, 3.63) is 94.6 Å². The summed E-state index contributed by atoms with van der Waals surface area (Å²) in [6.45, 7) is 0.751. The molecule has 2 aliphatic rings. The molecule has 170 valence electrons. The first kappa shape index (κ1) is 20.8. The van der Waals surface area contributed by atoms with Crippen molar-refractivity contribution in [3.63, 3.8) is 0 Å². The van der Waals surface area contributed by atoms with E-state index >= 15 is 0 Å². The second-order valence-electron chi connectivity index (χ2n) is 8.45. The van der Waals surface area contributed by atoms with Gasteiger partial charge in [-0.2, -0.15) is 10.2 Å². The third-order valence-electron chi connectivity index (χ3n) is 6.35. The topological polar surface area (TPSA) is 60.7 Å². The maximum absolute atomic E-state index is 6.10. The molecule has 1 aromatic heterocycles. The molecule has 1 atom stereocenters. The summed E-state index contributed by atoms with van der Waals surface area (Å²) in [4.78, 5) is 0. The summed E-state index contributed by atoms with van der Waals surface area (Å²) >= 11 is 6.10. The van der Waals surface area contributed by atoms with Crippen LogP contribution < -0.4 is 14.9 Å². The zero-order valence-electron chi connectivity index (χ0n) is 18.7. The van der Waals surface area contributed by atoms with E-state index in [1.54, 1.807) is 7.11 Å². The standard InChI is InChI=1S/C27H23ClN4O2/c1-33-22-9-2-17(3-10-22)27-23(16-32(31-27)21-7-5-20(28)6-8-21)25-15-24(29-30-25)18-4-11-26-19(14-18)12-13-34-26/h2-11,14,16,25,30H,12-13,15H2,1H3. The summed E-state index contributed by atoms with van der Waals surface area (Å²) in [5, 5.41) is 10.3. The molecule has 7 heteroatoms. The third kappa shape index (κ3) is 3.80. The minimum Gasteiger partial charge on any atom is -0.497 e. The minimum absolute atomic E-state index is 0.0117. The van der Waals surface area contributed by atoms with Crippen LogP contribution >= 0.6 is 11.6 Å². The lowest BCUT2D eigenvalue weighted by molar-refractivity contribution is 0.357. The number of fused-ring (bicyclic) bond motifs is 1. The molecule has 3 heterocycles. The van der Waals surface area contributed by atoms with E-state index in [1.165, 1.54) is 5.56 Å². The average molecular weight is 471 g/mol. The van der Waals surface area contributed by atoms with Crippen molar-refractivity contribution in [1.82, 2.24) is 15.2 Å². The van der Waals surface area contributed by atoms with Crippen LogP contribution in [0.2, 0.25) is 5.02 Å². The Balaban J connectivity index is 1.35. The number of rotatable bonds is 5. The van der Waals surface area contributed by atoms with Gasteiger partial charge in [-0.15, -0.1) is 0 Å². The lowest BCUT2D eigenvalue weighted by Crippen LogP contribution is -2.10. The Morgan fingerprint density at radius 2 is 1.82 bits per heavy atom. The Labute approximate surface area is 202 Å². The van der Waals surface area contributed by atoms with Crippen LogP contribution in [0.1, 0.15) is 29.2 Å². The van der Waals surface area contributed by atoms with E-state index in [4.69, 9.17) is 31.3 Å². The normalized spacial score (nSPS) is 16.5. The highest BCUT2D eigenvalue weighted by Gasteiger charge is 2.27. The fourth-order valence-electron chi connectivity index (χ4n) is 4.51. The molecule has 6 rings (SSSR count). The molecule has 1 unspecified atom stereocenters. The Kier molecular flexibility index (Phi) is 5.23. The van der Waals surface area contributed by atoms with Crippen molar-refractivity contribution >= 4 is 17.3 Å². The van der Waals surface area contributed by atoms with Crippen molar-refractivity contribution in [2.75, 3.05) is 13.7 Å². The minimum atomic E-state index is 0.0117. The first-order valence-corrected chi connectivity index (χ1v) is 11.6. The molecule has 0 radical (unpaired) electrons. The highest BCUT2D eigenvalue weighted by Crippen LogP contribution is 2.35. The molecule has 0 saturated carbocycles. The number of hydrazone groups is 1. The molecule has 1 N–H and O–H groups in total. The Morgan fingerprint density at radius 3 is 2.62 bits per heavy atom. The summed E-state index contributed by atoms with van der Waals surface area (Å²) < 4.78 is 12.9. The van der Waals surface area contributed by atoms with Gasteiger partial charge in [0.25, 0.3) is 0 Å². The lowest BCUT2D eigenvalue weighted by atomic mass is 9.96. The van der Waals surface area contributed by atoms with Crippen molar-refractivity contribution in [1.29, 1.82) is 0 Å². The molecular formula is C27H23ClN4O2. The third-order valence-corrected chi connectivity index (χ3v) is 6.60. The van der Waals surface area contributed by atoms with Gasteiger partial charge in [0.05, 0.1) is 36.9 Å². The molecule has 4 aromatic rings. The molecule has 0 amide bonds. The van der Waals surface area contributed by atoms with Gasteiger partial charge < -0.3 is 14.9 Å². The number of halogens is 1. The van der Waals surface area contributed by atoms with Crippen LogP contribution in [-0.2, 0) is 6.42 Å². The second kappa shape index (κ2) is 8.54. The number of ether oxygens (including phenoxy) is 2. The van der Waals surface area contributed by atoms with E-state index in [9.17, 15) is 0 Å². The zero-order chi connectivity index (χ0) is 23.1. The van der Waals surface area contributed by atoms with Gasteiger partial charge >= 0.3 is 0 Å². The van der Waals surface area contributed by atoms with Gasteiger partial charge in [-0.25, -0.2) is 4.68 Å². The average Bonchev–Trinajstić information content (AvgIpc) is 3.63. The molecule has 3 aromatic carbocycles. The predicted octanol–water partition coefficient (Wildman–Crippen LogP) is 5.57. The van der Waals surface area contributed by atoms with Crippen LogP contribution in [0, 0.1) is 0 Å². The highest BCUT2D eigenvalue weighted by atomic mass is 35.5. The fourth-order valence-corrected chi connectivity index (χ4v) is 4.64. The van der Waals surface area contributed by atoms with Gasteiger partial charge in [0.2, 0.25) is 0 Å². The molecule has 0 bridgehead atoms. The van der Waals surface area contributed by atoms with Crippen LogP contribution in [0.5, 0.6) is 11.5 Å². The van der Waals surface area contributed by atoms with Crippen LogP contribution in [0.3, 0.4) is 0 Å². The van der Waals surface area contributed by atoms with Gasteiger partial charge in [-0.1, -0.05) is 11.6 Å². The van der Waals surface area contributed by atoms with Gasteiger partial charge in [-0.05, 0) is 77.9 Å². The van der Waals surface area contributed by atoms with Crippen LogP contribution in [-0.4, -0.2) is 29.2 Å². The van der Waals surface area contributed by atoms with Gasteiger partial charge in [0.1, 0.15) is 11.5 Å². The number of nitrogens with zero attached hydrogens (tertiary/aromatic N) is 3. The van der Waals surface area contributed by atoms with Crippen molar-refractivity contribution in [2.45, 2.75) is 18.9 Å². The van der Waals surface area contributed by atoms with E-state index in [2.05, 4.69) is 29.8 Å². The number of aromatic nitrogens is 2. The monoisotopic (exact) mass is 470 g/mol. The van der Waals surface area contributed by atoms with Crippen molar-refractivity contribution in [2.24, 2.45) is 5.10 Å². The van der Waals surface area contributed by atoms with E-state index in [0.29, 0.717) is 5.02 Å². The Morgan fingerprint density at radius 1 is 1.03 bits per heavy atom. The van der Waals surface area contributed by atoms with Crippen LogP contribution in [0.25, 0.3) is 16.9 Å². The number of hydrogen-bond acceptors (Lipinski definition) is 5. The zero-order valence-corrected chi connectivity index (χ0v) is 19.4. The van der Waals surface area contributed by atoms with Gasteiger partial charge in [0, 0.05) is 35.2 Å². The summed E-state index contributed by atoms with van der Waals surface area (Å²) in [5.74, 6) is 1.80. The number of benzene rings is 3. The SMILES string of the molecule is COc1ccc(-c2nn(-c3ccc(Cl)cc3)cc2C2CC(c3ccc4c(c3)CCO4)=NN2)cc1. The number of nitrogens with one attached hydrogen (secondary N) is 1. The van der Waals surface area contributed by atoms with E-state index in [0.717, 1.165) is 64.7 Å². The summed E-state index contributed by atoms with van der Waals surface area (Å²) in [6.07, 6.45) is 3.80. The predicted molar refractivity (Wildman–Crippen MR) is 133 cm³/mol. The van der Waals surface area contributed by atoms with E-state index in [-0.39, 0.29) is 6.04 Å². The highest BCUT2D eigenvalue weighted by molar-refractivity contribution is 6.30. The van der Waals surface area contributed by atoms with E-state index < -0.39 is 0 Å². The maximum atomic E-state index is 6.10. The molecule has 2 aliphatic heterocycles. The summed E-state index contributed by atoms with van der Waals surface area (Å²) in [7, 11) is 1.67. The summed E-state index contributed by atoms with van der Waals surface area (Å²) in [5.41, 5.74) is 10.7. The first-order chi connectivity index (χ1) is 16.7. The second-order valence-corrected chi connectivity index (χ2v) is 8.88. The molecular weight excluding hydrogens is 448 g/mol. The molecule has 34 heavy (non-hydrogen) atoms. The molecule has 0 fully saturated rings. The molecule has 6 nitrogen and oxygen atoms in total. The van der Waals surface area contributed by atoms with E-state index in [1.807, 2.05) is 53.2 Å². The number of methoxy groups -OCH3 is 1. The molecule has 0 aliphatic carbocycles. The quantitative estimate of drug-likeness (QED) is 0.414. The van der Waals surface area contributed by atoms with Crippen molar-refractivity contribution < 1.29 is 9.47 Å². The molecule has 0 spiro atoms. The molecule has 0 saturated heterocycles. The van der Waals surface area contributed by atoms with Crippen LogP contribution in [0.15, 0.2) is 78.0 Å². The lowest BCUT2D eigenvalue weighted by Gasteiger charge is -2.10. The van der Waals surface area contributed by atoms with Gasteiger partial charge in [0.15, 0.2) is 0 Å². The largest absolute Gasteiger partial charge is 0.497 e. The summed E-state index contributed by atoms with van der Waals surface area (Å²) in [6, 6.07) is 22.0. The van der Waals surface area contributed by atoms with Crippen molar-refractivity contribution in [3.8, 4) is 28.4 Å².